The zero-order valence-corrected chi connectivity index (χ0v) is 13.7. The standard InChI is InChI=1S/C19H22N2O3/c1-13-5-2-3-6-14(13)11-18-19(23)21(9-4-10-22)16-8-7-15(20)12-17(16)24-18/h2-3,5-8,12,18,22H,4,9-11,20H2,1H3. The molecule has 0 radical (unpaired) electrons. The number of aliphatic hydroxyl groups is 1. The molecule has 3 N–H and O–H groups in total. The Hall–Kier alpha value is -2.53. The number of hydrogen-bond acceptors (Lipinski definition) is 4. The van der Waals surface area contributed by atoms with E-state index >= 15 is 0 Å². The van der Waals surface area contributed by atoms with Gasteiger partial charge in [0.25, 0.3) is 5.91 Å². The van der Waals surface area contributed by atoms with Crippen LogP contribution in [0.15, 0.2) is 42.5 Å². The maximum atomic E-state index is 12.9. The van der Waals surface area contributed by atoms with E-state index in [0.29, 0.717) is 36.5 Å². The van der Waals surface area contributed by atoms with Gasteiger partial charge in [0, 0.05) is 31.3 Å². The second-order valence-corrected chi connectivity index (χ2v) is 6.03. The maximum absolute atomic E-state index is 12.9. The minimum absolute atomic E-state index is 0.0391. The Morgan fingerprint density at radius 3 is 2.79 bits per heavy atom. The molecule has 24 heavy (non-hydrogen) atoms. The Labute approximate surface area is 141 Å². The summed E-state index contributed by atoms with van der Waals surface area (Å²) >= 11 is 0. The topological polar surface area (TPSA) is 75.8 Å². The molecular formula is C19H22N2O3. The van der Waals surface area contributed by atoms with Crippen molar-refractivity contribution in [3.8, 4) is 5.75 Å². The van der Waals surface area contributed by atoms with Crippen molar-refractivity contribution in [2.45, 2.75) is 25.9 Å². The second kappa shape index (κ2) is 6.93. The lowest BCUT2D eigenvalue weighted by Gasteiger charge is -2.34. The van der Waals surface area contributed by atoms with Gasteiger partial charge in [-0.05, 0) is 36.6 Å². The highest BCUT2D eigenvalue weighted by Crippen LogP contribution is 2.36. The SMILES string of the molecule is Cc1ccccc1CC1Oc2cc(N)ccc2N(CCCO)C1=O. The molecule has 0 bridgehead atoms. The molecule has 0 saturated carbocycles. The third-order valence-electron chi connectivity index (χ3n) is 4.29. The van der Waals surface area contributed by atoms with Crippen LogP contribution in [0.3, 0.4) is 0 Å². The van der Waals surface area contributed by atoms with Gasteiger partial charge in [0.15, 0.2) is 6.10 Å². The molecule has 5 heteroatoms. The molecule has 0 aliphatic carbocycles. The third kappa shape index (κ3) is 3.21. The van der Waals surface area contributed by atoms with Gasteiger partial charge < -0.3 is 20.5 Å². The minimum Gasteiger partial charge on any atom is -0.478 e. The van der Waals surface area contributed by atoms with Gasteiger partial charge in [0.2, 0.25) is 0 Å². The lowest BCUT2D eigenvalue weighted by Crippen LogP contribution is -2.47. The second-order valence-electron chi connectivity index (χ2n) is 6.03. The van der Waals surface area contributed by atoms with Crippen molar-refractivity contribution in [3.63, 3.8) is 0 Å². The molecule has 1 amide bonds. The van der Waals surface area contributed by atoms with Crippen LogP contribution < -0.4 is 15.4 Å². The first-order valence-electron chi connectivity index (χ1n) is 8.13. The Morgan fingerprint density at radius 1 is 1.25 bits per heavy atom. The fraction of sp³-hybridized carbons (Fsp3) is 0.316. The fourth-order valence-corrected chi connectivity index (χ4v) is 2.97. The Kier molecular flexibility index (Phi) is 4.71. The van der Waals surface area contributed by atoms with Gasteiger partial charge in [-0.2, -0.15) is 0 Å². The molecule has 1 heterocycles. The van der Waals surface area contributed by atoms with Crippen LogP contribution in [-0.2, 0) is 11.2 Å². The maximum Gasteiger partial charge on any atom is 0.268 e. The van der Waals surface area contributed by atoms with E-state index in [-0.39, 0.29) is 12.5 Å². The van der Waals surface area contributed by atoms with Gasteiger partial charge in [-0.25, -0.2) is 0 Å². The van der Waals surface area contributed by atoms with E-state index in [0.717, 1.165) is 11.1 Å². The van der Waals surface area contributed by atoms with Gasteiger partial charge in [-0.3, -0.25) is 4.79 Å². The van der Waals surface area contributed by atoms with Crippen molar-refractivity contribution in [2.24, 2.45) is 0 Å². The number of carbonyl (C=O) groups excluding carboxylic acids is 1. The molecule has 1 unspecified atom stereocenters. The van der Waals surface area contributed by atoms with E-state index in [1.165, 1.54) is 0 Å². The van der Waals surface area contributed by atoms with Gasteiger partial charge in [0.1, 0.15) is 5.75 Å². The van der Waals surface area contributed by atoms with Crippen LogP contribution in [0.5, 0.6) is 5.75 Å². The predicted octanol–water partition coefficient (Wildman–Crippen LogP) is 2.30. The van der Waals surface area contributed by atoms with E-state index in [9.17, 15) is 4.79 Å². The molecule has 1 atom stereocenters. The molecule has 0 fully saturated rings. The Balaban J connectivity index is 1.91. The molecule has 2 aromatic carbocycles. The molecule has 1 aliphatic heterocycles. The minimum atomic E-state index is -0.584. The van der Waals surface area contributed by atoms with Gasteiger partial charge >= 0.3 is 0 Å². The highest BCUT2D eigenvalue weighted by Gasteiger charge is 2.34. The number of rotatable bonds is 5. The predicted molar refractivity (Wildman–Crippen MR) is 94.2 cm³/mol. The Morgan fingerprint density at radius 2 is 2.04 bits per heavy atom. The van der Waals surface area contributed by atoms with Crippen LogP contribution >= 0.6 is 0 Å². The average molecular weight is 326 g/mol. The number of nitrogens with two attached hydrogens (primary N) is 1. The number of fused-ring (bicyclic) bond motifs is 1. The highest BCUT2D eigenvalue weighted by molar-refractivity contribution is 6.00. The largest absolute Gasteiger partial charge is 0.478 e. The van der Waals surface area contributed by atoms with Crippen molar-refractivity contribution < 1.29 is 14.6 Å². The first-order chi connectivity index (χ1) is 11.6. The number of ether oxygens (including phenoxy) is 1. The molecule has 1 aliphatic rings. The van der Waals surface area contributed by atoms with Crippen molar-refractivity contribution in [1.29, 1.82) is 0 Å². The number of aliphatic hydroxyl groups excluding tert-OH is 1. The smallest absolute Gasteiger partial charge is 0.268 e. The lowest BCUT2D eigenvalue weighted by molar-refractivity contribution is -0.126. The normalized spacial score (nSPS) is 16.7. The van der Waals surface area contributed by atoms with Crippen LogP contribution in [0.2, 0.25) is 0 Å². The molecular weight excluding hydrogens is 304 g/mol. The van der Waals surface area contributed by atoms with Gasteiger partial charge in [-0.1, -0.05) is 24.3 Å². The number of benzene rings is 2. The molecule has 5 nitrogen and oxygen atoms in total. The first kappa shape index (κ1) is 16.3. The number of nitrogens with zero attached hydrogens (tertiary/aromatic N) is 1. The summed E-state index contributed by atoms with van der Waals surface area (Å²) in [7, 11) is 0. The van der Waals surface area contributed by atoms with Crippen LogP contribution in [0.25, 0.3) is 0 Å². The number of hydrogen-bond donors (Lipinski definition) is 2. The molecule has 2 aromatic rings. The van der Waals surface area contributed by atoms with E-state index in [2.05, 4.69) is 0 Å². The zero-order chi connectivity index (χ0) is 17.1. The van der Waals surface area contributed by atoms with E-state index in [1.807, 2.05) is 31.2 Å². The summed E-state index contributed by atoms with van der Waals surface area (Å²) in [5.74, 6) is 0.537. The van der Waals surface area contributed by atoms with E-state index < -0.39 is 6.10 Å². The number of carbonyl (C=O) groups is 1. The zero-order valence-electron chi connectivity index (χ0n) is 13.7. The number of anilines is 2. The molecule has 3 rings (SSSR count). The van der Waals surface area contributed by atoms with Gasteiger partial charge in [-0.15, -0.1) is 0 Å². The summed E-state index contributed by atoms with van der Waals surface area (Å²) < 4.78 is 5.96. The highest BCUT2D eigenvalue weighted by atomic mass is 16.5. The lowest BCUT2D eigenvalue weighted by atomic mass is 10.0. The van der Waals surface area contributed by atoms with Crippen molar-refractivity contribution >= 4 is 17.3 Å². The van der Waals surface area contributed by atoms with Crippen molar-refractivity contribution in [2.75, 3.05) is 23.8 Å². The van der Waals surface area contributed by atoms with Crippen molar-refractivity contribution in [3.05, 3.63) is 53.6 Å². The molecule has 126 valence electrons. The number of aryl methyl sites for hydroxylation is 1. The van der Waals surface area contributed by atoms with Crippen LogP contribution in [0.1, 0.15) is 17.5 Å². The fourth-order valence-electron chi connectivity index (χ4n) is 2.97. The van der Waals surface area contributed by atoms with Crippen LogP contribution in [0.4, 0.5) is 11.4 Å². The molecule has 0 spiro atoms. The summed E-state index contributed by atoms with van der Waals surface area (Å²) in [5, 5.41) is 9.12. The van der Waals surface area contributed by atoms with Crippen LogP contribution in [0, 0.1) is 6.92 Å². The quantitative estimate of drug-likeness (QED) is 0.827. The molecule has 0 saturated heterocycles. The summed E-state index contributed by atoms with van der Waals surface area (Å²) in [6, 6.07) is 13.3. The van der Waals surface area contributed by atoms with E-state index in [1.54, 1.807) is 23.1 Å². The van der Waals surface area contributed by atoms with Gasteiger partial charge in [0.05, 0.1) is 5.69 Å². The Bertz CT molecular complexity index is 745. The molecule has 0 aromatic heterocycles. The van der Waals surface area contributed by atoms with Crippen LogP contribution in [-0.4, -0.2) is 30.3 Å². The monoisotopic (exact) mass is 326 g/mol. The summed E-state index contributed by atoms with van der Waals surface area (Å²) in [5.41, 5.74) is 9.39. The van der Waals surface area contributed by atoms with E-state index in [4.69, 9.17) is 15.6 Å². The third-order valence-corrected chi connectivity index (χ3v) is 4.29. The number of nitrogen functional groups attached to an aromatic ring is 1. The van der Waals surface area contributed by atoms with Crippen molar-refractivity contribution in [1.82, 2.24) is 0 Å². The summed E-state index contributed by atoms with van der Waals surface area (Å²) in [6.07, 6.45) is 0.446. The summed E-state index contributed by atoms with van der Waals surface area (Å²) in [6.45, 7) is 2.52. The average Bonchev–Trinajstić information content (AvgIpc) is 2.57. The number of amides is 1. The first-order valence-corrected chi connectivity index (χ1v) is 8.13. The summed E-state index contributed by atoms with van der Waals surface area (Å²) in [4.78, 5) is 14.6.